The van der Waals surface area contributed by atoms with Gasteiger partial charge in [-0.3, -0.25) is 0 Å². The third-order valence-corrected chi connectivity index (χ3v) is 1.58. The number of H-pyrrole nitrogens is 1. The van der Waals surface area contributed by atoms with Crippen LogP contribution in [0.1, 0.15) is 0 Å². The summed E-state index contributed by atoms with van der Waals surface area (Å²) in [5.74, 6) is 0.592. The molecule has 0 aliphatic carbocycles. The minimum absolute atomic E-state index is 0.227. The third-order valence-electron chi connectivity index (χ3n) is 1.58. The van der Waals surface area contributed by atoms with Gasteiger partial charge in [0, 0.05) is 0 Å². The molecule has 0 spiro atoms. The summed E-state index contributed by atoms with van der Waals surface area (Å²) in [6, 6.07) is 0. The van der Waals surface area contributed by atoms with Gasteiger partial charge in [0.25, 0.3) is 0 Å². The van der Waals surface area contributed by atoms with Crippen molar-refractivity contribution in [3.63, 3.8) is 0 Å². The Balaban J connectivity index is 2.42. The van der Waals surface area contributed by atoms with E-state index in [0.29, 0.717) is 17.0 Å². The maximum Gasteiger partial charge on any atom is 0.182 e. The van der Waals surface area contributed by atoms with Crippen molar-refractivity contribution < 1.29 is 4.79 Å². The maximum atomic E-state index is 10.1. The van der Waals surface area contributed by atoms with E-state index in [-0.39, 0.29) is 6.54 Å². The SMILES string of the molecule is O=CCNc1ncnc2nc[nH]c12. The molecule has 13 heavy (non-hydrogen) atoms. The topological polar surface area (TPSA) is 83.6 Å². The van der Waals surface area contributed by atoms with Crippen molar-refractivity contribution in [3.8, 4) is 0 Å². The standard InChI is InChI=1S/C7H7N5O/c13-2-1-8-6-5-7(10-3-9-5)12-4-11-6/h2-4H,1H2,(H2,8,9,10,11,12). The highest BCUT2D eigenvalue weighted by molar-refractivity contribution is 5.82. The van der Waals surface area contributed by atoms with Crippen LogP contribution in [0.4, 0.5) is 5.82 Å². The first kappa shape index (κ1) is 7.66. The number of rotatable bonds is 3. The van der Waals surface area contributed by atoms with Crippen LogP contribution in [0.2, 0.25) is 0 Å². The van der Waals surface area contributed by atoms with E-state index in [2.05, 4.69) is 25.3 Å². The van der Waals surface area contributed by atoms with E-state index in [9.17, 15) is 4.79 Å². The summed E-state index contributed by atoms with van der Waals surface area (Å²) in [6.07, 6.45) is 3.70. The largest absolute Gasteiger partial charge is 0.361 e. The molecule has 0 unspecified atom stereocenters. The maximum absolute atomic E-state index is 10.1. The van der Waals surface area contributed by atoms with Gasteiger partial charge in [-0.1, -0.05) is 0 Å². The average molecular weight is 177 g/mol. The van der Waals surface area contributed by atoms with Crippen LogP contribution in [0, 0.1) is 0 Å². The second-order valence-electron chi connectivity index (χ2n) is 2.37. The van der Waals surface area contributed by atoms with E-state index < -0.39 is 0 Å². The van der Waals surface area contributed by atoms with Gasteiger partial charge in [0.15, 0.2) is 11.5 Å². The Hall–Kier alpha value is -1.98. The number of nitrogens with zero attached hydrogens (tertiary/aromatic N) is 3. The van der Waals surface area contributed by atoms with Crippen molar-refractivity contribution in [3.05, 3.63) is 12.7 Å². The van der Waals surface area contributed by atoms with Crippen LogP contribution in [-0.4, -0.2) is 32.8 Å². The number of fused-ring (bicyclic) bond motifs is 1. The van der Waals surface area contributed by atoms with Crippen molar-refractivity contribution in [1.82, 2.24) is 19.9 Å². The van der Waals surface area contributed by atoms with Crippen LogP contribution in [0.5, 0.6) is 0 Å². The first-order valence-electron chi connectivity index (χ1n) is 3.73. The molecule has 2 heterocycles. The number of aldehydes is 1. The Bertz CT molecular complexity index is 423. The summed E-state index contributed by atoms with van der Waals surface area (Å²) in [5, 5.41) is 2.83. The van der Waals surface area contributed by atoms with Crippen molar-refractivity contribution in [2.75, 3.05) is 11.9 Å². The summed E-state index contributed by atoms with van der Waals surface area (Å²) in [5.41, 5.74) is 1.30. The van der Waals surface area contributed by atoms with E-state index in [4.69, 9.17) is 0 Å². The van der Waals surface area contributed by atoms with Crippen LogP contribution in [0.15, 0.2) is 12.7 Å². The number of hydrogen-bond acceptors (Lipinski definition) is 5. The van der Waals surface area contributed by atoms with Gasteiger partial charge in [-0.15, -0.1) is 0 Å². The summed E-state index contributed by atoms with van der Waals surface area (Å²) < 4.78 is 0. The van der Waals surface area contributed by atoms with Gasteiger partial charge in [0.1, 0.15) is 18.1 Å². The van der Waals surface area contributed by atoms with Crippen molar-refractivity contribution in [1.29, 1.82) is 0 Å². The lowest BCUT2D eigenvalue weighted by atomic mass is 10.5. The van der Waals surface area contributed by atoms with Crippen LogP contribution < -0.4 is 5.32 Å². The zero-order chi connectivity index (χ0) is 9.10. The molecule has 0 amide bonds. The number of imidazole rings is 1. The molecule has 2 aromatic heterocycles. The number of aromatic amines is 1. The molecule has 0 aromatic carbocycles. The predicted molar refractivity (Wildman–Crippen MR) is 46.2 cm³/mol. The quantitative estimate of drug-likeness (QED) is 0.643. The third kappa shape index (κ3) is 1.33. The van der Waals surface area contributed by atoms with Crippen LogP contribution in [0.3, 0.4) is 0 Å². The number of carbonyl (C=O) groups is 1. The monoisotopic (exact) mass is 177 g/mol. The molecule has 66 valence electrons. The zero-order valence-corrected chi connectivity index (χ0v) is 6.69. The Morgan fingerprint density at radius 2 is 2.38 bits per heavy atom. The molecule has 0 saturated carbocycles. The fourth-order valence-electron chi connectivity index (χ4n) is 1.04. The van der Waals surface area contributed by atoms with Gasteiger partial charge in [-0.25, -0.2) is 15.0 Å². The molecule has 2 aromatic rings. The van der Waals surface area contributed by atoms with Gasteiger partial charge in [-0.05, 0) is 0 Å². The molecule has 0 saturated heterocycles. The number of nitrogens with one attached hydrogen (secondary N) is 2. The molecule has 0 aliphatic heterocycles. The second kappa shape index (κ2) is 3.18. The molecule has 2 rings (SSSR count). The Labute approximate surface area is 73.4 Å². The van der Waals surface area contributed by atoms with Crippen molar-refractivity contribution in [2.24, 2.45) is 0 Å². The predicted octanol–water partition coefficient (Wildman–Crippen LogP) is -0.0363. The highest BCUT2D eigenvalue weighted by Crippen LogP contribution is 2.13. The summed E-state index contributed by atoms with van der Waals surface area (Å²) in [6.45, 7) is 0.227. The fourth-order valence-corrected chi connectivity index (χ4v) is 1.04. The molecular weight excluding hydrogens is 170 g/mol. The second-order valence-corrected chi connectivity index (χ2v) is 2.37. The first-order chi connectivity index (χ1) is 6.42. The minimum atomic E-state index is 0.227. The smallest absolute Gasteiger partial charge is 0.182 e. The van der Waals surface area contributed by atoms with Crippen LogP contribution in [-0.2, 0) is 4.79 Å². The fraction of sp³-hybridized carbons (Fsp3) is 0.143. The zero-order valence-electron chi connectivity index (χ0n) is 6.69. The number of aromatic nitrogens is 4. The van der Waals surface area contributed by atoms with E-state index in [1.54, 1.807) is 0 Å². The summed E-state index contributed by atoms with van der Waals surface area (Å²) in [7, 11) is 0. The lowest BCUT2D eigenvalue weighted by Crippen LogP contribution is -2.04. The average Bonchev–Trinajstić information content (AvgIpc) is 2.62. The molecule has 0 bridgehead atoms. The van der Waals surface area contributed by atoms with Gasteiger partial charge < -0.3 is 15.1 Å². The Kier molecular flexibility index (Phi) is 1.87. The molecule has 0 atom stereocenters. The molecule has 6 nitrogen and oxygen atoms in total. The minimum Gasteiger partial charge on any atom is -0.361 e. The summed E-state index contributed by atoms with van der Waals surface area (Å²) >= 11 is 0. The van der Waals surface area contributed by atoms with Gasteiger partial charge in [0.2, 0.25) is 0 Å². The molecule has 2 N–H and O–H groups in total. The first-order valence-corrected chi connectivity index (χ1v) is 3.73. The van der Waals surface area contributed by atoms with E-state index in [1.807, 2.05) is 0 Å². The van der Waals surface area contributed by atoms with Crippen molar-refractivity contribution >= 4 is 23.3 Å². The molecule has 0 fully saturated rings. The highest BCUT2D eigenvalue weighted by Gasteiger charge is 2.03. The lowest BCUT2D eigenvalue weighted by Gasteiger charge is -1.99. The summed E-state index contributed by atoms with van der Waals surface area (Å²) in [4.78, 5) is 24.8. The number of carbonyl (C=O) groups excluding carboxylic acids is 1. The van der Waals surface area contributed by atoms with Crippen molar-refractivity contribution in [2.45, 2.75) is 0 Å². The molecular formula is C7H7N5O. The van der Waals surface area contributed by atoms with Gasteiger partial charge >= 0.3 is 0 Å². The number of hydrogen-bond donors (Lipinski definition) is 2. The Morgan fingerprint density at radius 1 is 1.46 bits per heavy atom. The number of anilines is 1. The van der Waals surface area contributed by atoms with E-state index >= 15 is 0 Å². The van der Waals surface area contributed by atoms with E-state index in [1.165, 1.54) is 12.7 Å². The van der Waals surface area contributed by atoms with Gasteiger partial charge in [-0.2, -0.15) is 0 Å². The van der Waals surface area contributed by atoms with Crippen LogP contribution >= 0.6 is 0 Å². The van der Waals surface area contributed by atoms with E-state index in [0.717, 1.165) is 6.29 Å². The Morgan fingerprint density at radius 3 is 3.23 bits per heavy atom. The normalized spacial score (nSPS) is 10.2. The molecule has 0 radical (unpaired) electrons. The molecule has 6 heteroatoms. The van der Waals surface area contributed by atoms with Crippen LogP contribution in [0.25, 0.3) is 11.2 Å². The molecule has 0 aliphatic rings. The highest BCUT2D eigenvalue weighted by atomic mass is 16.1. The lowest BCUT2D eigenvalue weighted by molar-refractivity contribution is -0.106. The van der Waals surface area contributed by atoms with Gasteiger partial charge in [0.05, 0.1) is 12.9 Å².